The summed E-state index contributed by atoms with van der Waals surface area (Å²) < 4.78 is 65.0. The number of halogens is 3. The smallest absolute Gasteiger partial charge is 0.299 e. The predicted octanol–water partition coefficient (Wildman–Crippen LogP) is 2.99. The Hall–Kier alpha value is -1.94. The van der Waals surface area contributed by atoms with Gasteiger partial charge in [0.15, 0.2) is 9.84 Å². The lowest BCUT2D eigenvalue weighted by Crippen LogP contribution is -2.50. The van der Waals surface area contributed by atoms with E-state index in [1.807, 2.05) is 17.7 Å². The number of pyridine rings is 1. The van der Waals surface area contributed by atoms with E-state index in [0.29, 0.717) is 53.1 Å². The summed E-state index contributed by atoms with van der Waals surface area (Å²) in [6.07, 6.45) is -0.0389. The molecule has 5 atom stereocenters. The molecular formula is C23H25F3N4O2S. The molecule has 0 amide bonds. The minimum absolute atomic E-state index is 0.0246. The standard InChI is InChI=1S/C23H25F3N4O2S/c1-2-30-18(7-16(28-30)13-5-14(9-27-8-13)23(24,25)26)22-15-6-17(20(22)19(15)22)29-4-3-21(10-29)11-33(31,32)12-21/h5,7-9,15,17,19-20H,2-4,6,10-12H2,1H3/t15-,17-,19-,20?,22-/m1/s1. The minimum Gasteiger partial charge on any atom is -0.299 e. The summed E-state index contributed by atoms with van der Waals surface area (Å²) in [5.74, 6) is 2.48. The lowest BCUT2D eigenvalue weighted by molar-refractivity contribution is -0.137. The predicted molar refractivity (Wildman–Crippen MR) is 114 cm³/mol. The number of aromatic nitrogens is 3. The second kappa shape index (κ2) is 6.00. The second-order valence-electron chi connectivity index (χ2n) is 10.8. The van der Waals surface area contributed by atoms with Crippen LogP contribution in [0.4, 0.5) is 13.2 Å². The largest absolute Gasteiger partial charge is 0.417 e. The van der Waals surface area contributed by atoms with Crippen LogP contribution in [0.2, 0.25) is 0 Å². The lowest BCUT2D eigenvalue weighted by Gasteiger charge is -2.38. The Kier molecular flexibility index (Phi) is 3.71. The first-order valence-corrected chi connectivity index (χ1v) is 13.5. The highest BCUT2D eigenvalue weighted by atomic mass is 32.2. The van der Waals surface area contributed by atoms with E-state index in [4.69, 9.17) is 0 Å². The molecule has 0 N–H and O–H groups in total. The first-order valence-electron chi connectivity index (χ1n) is 11.6. The van der Waals surface area contributed by atoms with Crippen molar-refractivity contribution >= 4 is 9.84 Å². The number of aryl methyl sites for hydroxylation is 1. The average Bonchev–Trinajstić information content (AvgIpc) is 3.22. The summed E-state index contributed by atoms with van der Waals surface area (Å²) in [5.41, 5.74) is 1.42. The van der Waals surface area contributed by atoms with Crippen molar-refractivity contribution in [2.75, 3.05) is 24.6 Å². The summed E-state index contributed by atoms with van der Waals surface area (Å²) >= 11 is 0. The van der Waals surface area contributed by atoms with Gasteiger partial charge in [-0.05, 0) is 56.2 Å². The van der Waals surface area contributed by atoms with Crippen molar-refractivity contribution in [2.45, 2.75) is 43.9 Å². The summed E-state index contributed by atoms with van der Waals surface area (Å²) in [6, 6.07) is 3.60. The van der Waals surface area contributed by atoms with E-state index in [1.54, 1.807) is 0 Å². The molecule has 8 rings (SSSR count). The summed E-state index contributed by atoms with van der Waals surface area (Å²) in [7, 11) is -2.83. The minimum atomic E-state index is -4.44. The Bertz CT molecular complexity index is 1270. The normalized spacial score (nSPS) is 37.2. The Labute approximate surface area is 190 Å². The van der Waals surface area contributed by atoms with Gasteiger partial charge in [0.2, 0.25) is 0 Å². The van der Waals surface area contributed by atoms with Crippen molar-refractivity contribution in [3.8, 4) is 11.3 Å². The molecule has 4 aliphatic carbocycles. The molecule has 6 nitrogen and oxygen atoms in total. The highest BCUT2D eigenvalue weighted by Gasteiger charge is 2.93. The second-order valence-corrected chi connectivity index (χ2v) is 12.9. The van der Waals surface area contributed by atoms with Crippen LogP contribution in [-0.4, -0.2) is 58.7 Å². The van der Waals surface area contributed by atoms with E-state index in [0.717, 1.165) is 43.9 Å². The Balaban J connectivity index is 1.15. The molecular weight excluding hydrogens is 453 g/mol. The quantitative estimate of drug-likeness (QED) is 0.676. The number of rotatable bonds is 4. The van der Waals surface area contributed by atoms with Crippen molar-refractivity contribution in [1.82, 2.24) is 19.7 Å². The van der Waals surface area contributed by atoms with Gasteiger partial charge >= 0.3 is 6.18 Å². The van der Waals surface area contributed by atoms with E-state index in [9.17, 15) is 21.6 Å². The SMILES string of the molecule is CCn1nc(-c2cncc(C(F)(F)F)c2)cc1[C@]12C3[C@H](N4CCC5(C4)CS(=O)(=O)C5)C[C@@H]1[C@H]32. The van der Waals surface area contributed by atoms with E-state index >= 15 is 0 Å². The summed E-state index contributed by atoms with van der Waals surface area (Å²) in [6.45, 7) is 4.55. The molecule has 6 fully saturated rings. The van der Waals surface area contributed by atoms with Crippen molar-refractivity contribution < 1.29 is 21.6 Å². The van der Waals surface area contributed by atoms with E-state index in [2.05, 4.69) is 15.0 Å². The van der Waals surface area contributed by atoms with Crippen LogP contribution in [0.1, 0.15) is 31.0 Å². The van der Waals surface area contributed by atoms with Gasteiger partial charge in [-0.15, -0.1) is 0 Å². The van der Waals surface area contributed by atoms with Gasteiger partial charge in [0.25, 0.3) is 0 Å². The lowest BCUT2D eigenvalue weighted by atomic mass is 9.91. The number of hydrogen-bond acceptors (Lipinski definition) is 5. The van der Waals surface area contributed by atoms with E-state index in [1.165, 1.54) is 6.20 Å². The molecule has 6 aliphatic rings. The fraction of sp³-hybridized carbons (Fsp3) is 0.652. The molecule has 0 aromatic carbocycles. The Morgan fingerprint density at radius 3 is 2.64 bits per heavy atom. The van der Waals surface area contributed by atoms with Gasteiger partial charge in [-0.2, -0.15) is 18.3 Å². The van der Waals surface area contributed by atoms with Crippen LogP contribution in [0.3, 0.4) is 0 Å². The Morgan fingerprint density at radius 1 is 1.18 bits per heavy atom. The maximum atomic E-state index is 13.2. The molecule has 1 unspecified atom stereocenters. The van der Waals surface area contributed by atoms with Gasteiger partial charge in [-0.3, -0.25) is 14.6 Å². The van der Waals surface area contributed by atoms with Crippen LogP contribution < -0.4 is 0 Å². The van der Waals surface area contributed by atoms with Crippen molar-refractivity contribution in [2.24, 2.45) is 23.2 Å². The van der Waals surface area contributed by atoms with Gasteiger partial charge in [-0.25, -0.2) is 8.42 Å². The molecule has 2 aliphatic heterocycles. The van der Waals surface area contributed by atoms with Crippen LogP contribution in [-0.2, 0) is 28.0 Å². The van der Waals surface area contributed by atoms with Gasteiger partial charge in [0.1, 0.15) is 0 Å². The first kappa shape index (κ1) is 20.4. The van der Waals surface area contributed by atoms with Crippen LogP contribution in [0.5, 0.6) is 0 Å². The number of nitrogens with zero attached hydrogens (tertiary/aromatic N) is 4. The van der Waals surface area contributed by atoms with Gasteiger partial charge in [-0.1, -0.05) is 0 Å². The average molecular weight is 479 g/mol. The van der Waals surface area contributed by atoms with Gasteiger partial charge in [0.05, 0.1) is 22.8 Å². The zero-order valence-electron chi connectivity index (χ0n) is 18.2. The summed E-state index contributed by atoms with van der Waals surface area (Å²) in [4.78, 5) is 6.34. The van der Waals surface area contributed by atoms with Crippen molar-refractivity contribution in [3.63, 3.8) is 0 Å². The maximum Gasteiger partial charge on any atom is 0.417 e. The highest BCUT2D eigenvalue weighted by Crippen LogP contribution is 2.91. The van der Waals surface area contributed by atoms with E-state index in [-0.39, 0.29) is 10.8 Å². The third-order valence-electron chi connectivity index (χ3n) is 9.10. The number of alkyl halides is 3. The van der Waals surface area contributed by atoms with E-state index < -0.39 is 21.6 Å². The van der Waals surface area contributed by atoms with Crippen LogP contribution >= 0.6 is 0 Å². The van der Waals surface area contributed by atoms with Crippen molar-refractivity contribution in [3.05, 3.63) is 35.8 Å². The number of fused-ring (bicyclic) bond motifs is 1. The molecule has 2 aromatic rings. The van der Waals surface area contributed by atoms with Crippen LogP contribution in [0, 0.1) is 23.2 Å². The van der Waals surface area contributed by atoms with Crippen LogP contribution in [0.25, 0.3) is 11.3 Å². The maximum absolute atomic E-state index is 13.2. The zero-order chi connectivity index (χ0) is 23.0. The fourth-order valence-corrected chi connectivity index (χ4v) is 10.1. The molecule has 4 saturated carbocycles. The molecule has 1 spiro atoms. The zero-order valence-corrected chi connectivity index (χ0v) is 19.0. The number of sulfone groups is 1. The first-order chi connectivity index (χ1) is 15.6. The number of likely N-dealkylation sites (tertiary alicyclic amines) is 1. The Morgan fingerprint density at radius 2 is 1.97 bits per heavy atom. The molecule has 2 saturated heterocycles. The molecule has 33 heavy (non-hydrogen) atoms. The fourth-order valence-electron chi connectivity index (χ4n) is 7.83. The molecule has 2 bridgehead atoms. The molecule has 176 valence electrons. The van der Waals surface area contributed by atoms with Gasteiger partial charge < -0.3 is 0 Å². The highest BCUT2D eigenvalue weighted by molar-refractivity contribution is 7.92. The molecule has 10 heteroatoms. The van der Waals surface area contributed by atoms with Gasteiger partial charge in [0, 0.05) is 53.6 Å². The molecule has 0 radical (unpaired) electrons. The topological polar surface area (TPSA) is 68.1 Å². The molecule has 4 heterocycles. The van der Waals surface area contributed by atoms with Crippen LogP contribution in [0.15, 0.2) is 24.5 Å². The third kappa shape index (κ3) is 2.62. The molecule has 2 aromatic heterocycles. The third-order valence-corrected chi connectivity index (χ3v) is 11.2. The van der Waals surface area contributed by atoms with Crippen molar-refractivity contribution in [1.29, 1.82) is 0 Å². The number of hydrogen-bond donors (Lipinski definition) is 0. The summed E-state index contributed by atoms with van der Waals surface area (Å²) in [5, 5.41) is 4.66. The monoisotopic (exact) mass is 478 g/mol.